The average molecular weight is 318 g/mol. The number of halogens is 1. The number of aliphatic hydroxyl groups excluding tert-OH is 1. The highest BCUT2D eigenvalue weighted by molar-refractivity contribution is 9.10. The normalized spacial score (nSPS) is 31.4. The minimum atomic E-state index is -0.517. The lowest BCUT2D eigenvalue weighted by atomic mass is 10.1. The van der Waals surface area contributed by atoms with Gasteiger partial charge in [-0.05, 0) is 40.7 Å². The van der Waals surface area contributed by atoms with Crippen LogP contribution in [-0.2, 0) is 4.74 Å². The maximum absolute atomic E-state index is 10.4. The number of rotatable bonds is 2. The molecular formula is C12H16BrNO2S. The molecule has 3 nitrogen and oxygen atoms in total. The Morgan fingerprint density at radius 3 is 3.18 bits per heavy atom. The monoisotopic (exact) mass is 317 g/mol. The van der Waals surface area contributed by atoms with E-state index < -0.39 is 6.10 Å². The molecule has 3 heterocycles. The Morgan fingerprint density at radius 1 is 1.53 bits per heavy atom. The minimum absolute atomic E-state index is 0.0877. The van der Waals surface area contributed by atoms with Crippen LogP contribution in [0.4, 0.5) is 0 Å². The highest BCUT2D eigenvalue weighted by Crippen LogP contribution is 2.33. The van der Waals surface area contributed by atoms with Crippen molar-refractivity contribution in [2.75, 3.05) is 19.7 Å². The van der Waals surface area contributed by atoms with Crippen molar-refractivity contribution in [3.05, 3.63) is 20.8 Å². The van der Waals surface area contributed by atoms with E-state index >= 15 is 0 Å². The molecule has 94 valence electrons. The van der Waals surface area contributed by atoms with Crippen molar-refractivity contribution >= 4 is 27.3 Å². The quantitative estimate of drug-likeness (QED) is 0.909. The van der Waals surface area contributed by atoms with Gasteiger partial charge in [0.05, 0.1) is 6.61 Å². The van der Waals surface area contributed by atoms with E-state index in [1.165, 1.54) is 12.8 Å². The van der Waals surface area contributed by atoms with Gasteiger partial charge in [0, 0.05) is 28.0 Å². The highest BCUT2D eigenvalue weighted by atomic mass is 79.9. The third kappa shape index (κ3) is 2.31. The zero-order valence-electron chi connectivity index (χ0n) is 9.51. The Morgan fingerprint density at radius 2 is 2.41 bits per heavy atom. The number of hydrogen-bond acceptors (Lipinski definition) is 4. The Hall–Kier alpha value is 0.0600. The van der Waals surface area contributed by atoms with E-state index in [1.807, 2.05) is 10.8 Å². The second-order valence-corrected chi connectivity index (χ2v) is 6.38. The van der Waals surface area contributed by atoms with Gasteiger partial charge in [-0.2, -0.15) is 11.3 Å². The topological polar surface area (TPSA) is 32.7 Å². The lowest BCUT2D eigenvalue weighted by Crippen LogP contribution is -2.48. The van der Waals surface area contributed by atoms with Crippen molar-refractivity contribution in [1.29, 1.82) is 0 Å². The summed E-state index contributed by atoms with van der Waals surface area (Å²) in [6.07, 6.45) is 1.90. The van der Waals surface area contributed by atoms with Crippen LogP contribution in [0.15, 0.2) is 15.2 Å². The molecule has 3 rings (SSSR count). The number of thiophene rings is 1. The van der Waals surface area contributed by atoms with Crippen LogP contribution in [0.25, 0.3) is 0 Å². The number of fused-ring (bicyclic) bond motifs is 1. The highest BCUT2D eigenvalue weighted by Gasteiger charge is 2.36. The molecule has 0 aromatic carbocycles. The summed E-state index contributed by atoms with van der Waals surface area (Å²) < 4.78 is 6.81. The molecule has 3 atom stereocenters. The average Bonchev–Trinajstić information content (AvgIpc) is 2.95. The van der Waals surface area contributed by atoms with Gasteiger partial charge in [0.25, 0.3) is 0 Å². The maximum Gasteiger partial charge on any atom is 0.108 e. The van der Waals surface area contributed by atoms with Crippen LogP contribution < -0.4 is 0 Å². The molecule has 0 radical (unpaired) electrons. The van der Waals surface area contributed by atoms with Gasteiger partial charge < -0.3 is 9.84 Å². The Labute approximate surface area is 114 Å². The van der Waals surface area contributed by atoms with Crippen LogP contribution in [0.1, 0.15) is 24.5 Å². The first-order valence-electron chi connectivity index (χ1n) is 6.01. The molecule has 2 fully saturated rings. The van der Waals surface area contributed by atoms with Crippen molar-refractivity contribution in [3.8, 4) is 0 Å². The zero-order chi connectivity index (χ0) is 11.8. The van der Waals surface area contributed by atoms with Crippen molar-refractivity contribution in [2.45, 2.75) is 31.1 Å². The van der Waals surface area contributed by atoms with Gasteiger partial charge in [-0.25, -0.2) is 0 Å². The molecule has 2 aliphatic heterocycles. The van der Waals surface area contributed by atoms with Crippen LogP contribution in [0.2, 0.25) is 0 Å². The summed E-state index contributed by atoms with van der Waals surface area (Å²) in [4.78, 5) is 2.46. The Bertz CT molecular complexity index is 398. The molecule has 0 saturated carbocycles. The number of aliphatic hydroxyl groups is 1. The number of nitrogens with zero attached hydrogens (tertiary/aromatic N) is 1. The predicted molar refractivity (Wildman–Crippen MR) is 71.3 cm³/mol. The summed E-state index contributed by atoms with van der Waals surface area (Å²) in [5.41, 5.74) is 0.956. The largest absolute Gasteiger partial charge is 0.386 e. The lowest BCUT2D eigenvalue weighted by Gasteiger charge is -2.37. The zero-order valence-corrected chi connectivity index (χ0v) is 11.9. The van der Waals surface area contributed by atoms with Crippen molar-refractivity contribution < 1.29 is 9.84 Å². The van der Waals surface area contributed by atoms with Crippen LogP contribution in [-0.4, -0.2) is 41.8 Å². The molecule has 0 bridgehead atoms. The standard InChI is InChI=1S/C12H16BrNO2S/c13-10-7-17-6-9(10)12(15)11-4-14-3-1-2-8(14)5-16-11/h6-8,11-12,15H,1-5H2. The van der Waals surface area contributed by atoms with Crippen molar-refractivity contribution in [2.24, 2.45) is 0 Å². The van der Waals surface area contributed by atoms with Gasteiger partial charge in [0.1, 0.15) is 12.2 Å². The number of hydrogen-bond donors (Lipinski definition) is 1. The summed E-state index contributed by atoms with van der Waals surface area (Å²) in [5, 5.41) is 14.4. The smallest absolute Gasteiger partial charge is 0.108 e. The van der Waals surface area contributed by atoms with E-state index in [9.17, 15) is 5.11 Å². The SMILES string of the molecule is OC(c1cscc1Br)C1CN2CCCC2CO1. The second-order valence-electron chi connectivity index (χ2n) is 4.78. The van der Waals surface area contributed by atoms with Crippen LogP contribution in [0.5, 0.6) is 0 Å². The Kier molecular flexibility index (Phi) is 3.54. The summed E-state index contributed by atoms with van der Waals surface area (Å²) in [5.74, 6) is 0. The molecular weight excluding hydrogens is 302 g/mol. The lowest BCUT2D eigenvalue weighted by molar-refractivity contribution is -0.103. The molecule has 2 saturated heterocycles. The first-order chi connectivity index (χ1) is 8.25. The summed E-state index contributed by atoms with van der Waals surface area (Å²) in [6.45, 7) is 2.78. The third-order valence-corrected chi connectivity index (χ3v) is 5.48. The fraction of sp³-hybridized carbons (Fsp3) is 0.667. The number of ether oxygens (including phenoxy) is 1. The van der Waals surface area contributed by atoms with Crippen LogP contribution in [0, 0.1) is 0 Å². The fourth-order valence-corrected chi connectivity index (χ4v) is 4.30. The van der Waals surface area contributed by atoms with Gasteiger partial charge in [-0.1, -0.05) is 0 Å². The summed E-state index contributed by atoms with van der Waals surface area (Å²) in [7, 11) is 0. The van der Waals surface area contributed by atoms with E-state index in [0.717, 1.165) is 29.7 Å². The molecule has 0 spiro atoms. The minimum Gasteiger partial charge on any atom is -0.386 e. The molecule has 1 N–H and O–H groups in total. The van der Waals surface area contributed by atoms with Gasteiger partial charge >= 0.3 is 0 Å². The van der Waals surface area contributed by atoms with Gasteiger partial charge in [0.2, 0.25) is 0 Å². The second kappa shape index (κ2) is 4.97. The molecule has 17 heavy (non-hydrogen) atoms. The molecule has 2 aliphatic rings. The molecule has 5 heteroatoms. The van der Waals surface area contributed by atoms with E-state index in [2.05, 4.69) is 20.8 Å². The molecule has 3 unspecified atom stereocenters. The van der Waals surface area contributed by atoms with E-state index in [4.69, 9.17) is 4.74 Å². The summed E-state index contributed by atoms with van der Waals surface area (Å²) in [6, 6.07) is 0.587. The summed E-state index contributed by atoms with van der Waals surface area (Å²) >= 11 is 5.07. The maximum atomic E-state index is 10.4. The van der Waals surface area contributed by atoms with Gasteiger partial charge in [-0.15, -0.1) is 0 Å². The van der Waals surface area contributed by atoms with Gasteiger partial charge in [-0.3, -0.25) is 4.90 Å². The van der Waals surface area contributed by atoms with Crippen molar-refractivity contribution in [1.82, 2.24) is 4.90 Å². The van der Waals surface area contributed by atoms with E-state index in [-0.39, 0.29) is 6.10 Å². The van der Waals surface area contributed by atoms with E-state index in [1.54, 1.807) is 11.3 Å². The molecule has 0 aliphatic carbocycles. The molecule has 1 aromatic rings. The predicted octanol–water partition coefficient (Wildman–Crippen LogP) is 2.41. The number of morpholine rings is 1. The third-order valence-electron chi connectivity index (χ3n) is 3.73. The van der Waals surface area contributed by atoms with Gasteiger partial charge in [0.15, 0.2) is 0 Å². The first-order valence-corrected chi connectivity index (χ1v) is 7.74. The van der Waals surface area contributed by atoms with Crippen molar-refractivity contribution in [3.63, 3.8) is 0 Å². The first kappa shape index (κ1) is 12.1. The molecule has 0 amide bonds. The molecule has 1 aromatic heterocycles. The fourth-order valence-electron chi connectivity index (χ4n) is 2.74. The Balaban J connectivity index is 1.71. The van der Waals surface area contributed by atoms with Crippen LogP contribution >= 0.6 is 27.3 Å². The van der Waals surface area contributed by atoms with Crippen LogP contribution in [0.3, 0.4) is 0 Å². The van der Waals surface area contributed by atoms with E-state index in [0.29, 0.717) is 6.04 Å².